The Balaban J connectivity index is 1.33. The van der Waals surface area contributed by atoms with Gasteiger partial charge in [0.2, 0.25) is 0 Å². The lowest BCUT2D eigenvalue weighted by Crippen LogP contribution is -2.33. The molecule has 6 nitrogen and oxygen atoms in total. The molecule has 0 radical (unpaired) electrons. The molecule has 0 spiro atoms. The summed E-state index contributed by atoms with van der Waals surface area (Å²) in [7, 11) is 0. The first kappa shape index (κ1) is 23.5. The fourth-order valence-corrected chi connectivity index (χ4v) is 3.78. The number of amides is 1. The highest BCUT2D eigenvalue weighted by molar-refractivity contribution is 5.92. The van der Waals surface area contributed by atoms with Crippen LogP contribution in [0.4, 0.5) is 24.7 Å². The minimum atomic E-state index is -4.56. The van der Waals surface area contributed by atoms with E-state index in [1.54, 1.807) is 24.3 Å². The number of piperidine rings is 1. The van der Waals surface area contributed by atoms with Gasteiger partial charge in [0.1, 0.15) is 5.75 Å². The third-order valence-electron chi connectivity index (χ3n) is 5.77. The predicted molar refractivity (Wildman–Crippen MR) is 124 cm³/mol. The number of benzene rings is 2. The smallest absolute Gasteiger partial charge is 0.419 e. The zero-order valence-electron chi connectivity index (χ0n) is 18.7. The fourth-order valence-electron chi connectivity index (χ4n) is 3.78. The molecule has 2 heterocycles. The Labute approximate surface area is 195 Å². The van der Waals surface area contributed by atoms with Gasteiger partial charge in [0, 0.05) is 24.3 Å². The lowest BCUT2D eigenvalue weighted by Gasteiger charge is -2.30. The van der Waals surface area contributed by atoms with Crippen LogP contribution in [-0.4, -0.2) is 35.8 Å². The molecule has 9 heteroatoms. The SMILES string of the molecule is CC1CCN(c2ccc(-c3ccc(NC(=O)COc4ccccc4C(F)(F)F)cc3)nn2)CC1. The van der Waals surface area contributed by atoms with Gasteiger partial charge in [-0.3, -0.25) is 4.79 Å². The van der Waals surface area contributed by atoms with Gasteiger partial charge in [-0.05, 0) is 55.2 Å². The van der Waals surface area contributed by atoms with Gasteiger partial charge in [-0.1, -0.05) is 31.2 Å². The van der Waals surface area contributed by atoms with E-state index < -0.39 is 24.3 Å². The van der Waals surface area contributed by atoms with Gasteiger partial charge in [-0.15, -0.1) is 10.2 Å². The van der Waals surface area contributed by atoms with Crippen molar-refractivity contribution < 1.29 is 22.7 Å². The number of para-hydroxylation sites is 1. The molecule has 1 N–H and O–H groups in total. The quantitative estimate of drug-likeness (QED) is 0.521. The highest BCUT2D eigenvalue weighted by Gasteiger charge is 2.34. The van der Waals surface area contributed by atoms with Crippen LogP contribution in [0.25, 0.3) is 11.3 Å². The first-order chi connectivity index (χ1) is 16.3. The number of nitrogens with zero attached hydrogens (tertiary/aromatic N) is 3. The van der Waals surface area contributed by atoms with Gasteiger partial charge >= 0.3 is 6.18 Å². The van der Waals surface area contributed by atoms with Crippen molar-refractivity contribution in [2.24, 2.45) is 5.92 Å². The Morgan fingerprint density at radius 2 is 1.74 bits per heavy atom. The standard InChI is InChI=1S/C25H25F3N4O2/c1-17-12-14-32(15-13-17)23-11-10-21(30-31-23)18-6-8-19(9-7-18)29-24(33)16-34-22-5-3-2-4-20(22)25(26,27)28/h2-11,17H,12-16H2,1H3,(H,29,33). The number of aromatic nitrogens is 2. The molecule has 0 unspecified atom stereocenters. The fraction of sp³-hybridized carbons (Fsp3) is 0.320. The molecular formula is C25H25F3N4O2. The first-order valence-corrected chi connectivity index (χ1v) is 11.1. The van der Waals surface area contributed by atoms with Gasteiger partial charge in [0.15, 0.2) is 12.4 Å². The molecule has 4 rings (SSSR count). The first-order valence-electron chi connectivity index (χ1n) is 11.1. The molecule has 1 amide bonds. The number of hydrogen-bond donors (Lipinski definition) is 1. The van der Waals surface area contributed by atoms with Crippen LogP contribution in [0.1, 0.15) is 25.3 Å². The number of hydrogen-bond acceptors (Lipinski definition) is 5. The largest absolute Gasteiger partial charge is 0.483 e. The molecule has 1 aromatic heterocycles. The molecule has 1 aliphatic heterocycles. The lowest BCUT2D eigenvalue weighted by molar-refractivity contribution is -0.139. The Kier molecular flexibility index (Phi) is 7.00. The van der Waals surface area contributed by atoms with Gasteiger partial charge in [-0.2, -0.15) is 13.2 Å². The summed E-state index contributed by atoms with van der Waals surface area (Å²) < 4.78 is 44.2. The highest BCUT2D eigenvalue weighted by atomic mass is 19.4. The molecule has 178 valence electrons. The minimum absolute atomic E-state index is 0.387. The van der Waals surface area contributed by atoms with Crippen LogP contribution in [0.2, 0.25) is 0 Å². The van der Waals surface area contributed by atoms with E-state index in [9.17, 15) is 18.0 Å². The summed E-state index contributed by atoms with van der Waals surface area (Å²) in [5, 5.41) is 11.3. The molecular weight excluding hydrogens is 445 g/mol. The molecule has 0 aliphatic carbocycles. The van der Waals surface area contributed by atoms with Gasteiger partial charge in [-0.25, -0.2) is 0 Å². The maximum atomic E-state index is 13.0. The van der Waals surface area contributed by atoms with Crippen LogP contribution in [0.5, 0.6) is 5.75 Å². The molecule has 0 bridgehead atoms. The van der Waals surface area contributed by atoms with E-state index in [0.29, 0.717) is 11.4 Å². The van der Waals surface area contributed by atoms with Crippen LogP contribution < -0.4 is 15.0 Å². The Hall–Kier alpha value is -3.62. The number of ether oxygens (including phenoxy) is 1. The second-order valence-corrected chi connectivity index (χ2v) is 8.35. The lowest BCUT2D eigenvalue weighted by atomic mass is 9.99. The van der Waals surface area contributed by atoms with E-state index >= 15 is 0 Å². The summed E-state index contributed by atoms with van der Waals surface area (Å²) in [4.78, 5) is 14.4. The molecule has 3 aromatic rings. The third kappa shape index (κ3) is 5.84. The summed E-state index contributed by atoms with van der Waals surface area (Å²) >= 11 is 0. The number of carbonyl (C=O) groups excluding carboxylic acids is 1. The van der Waals surface area contributed by atoms with Crippen LogP contribution in [0.15, 0.2) is 60.7 Å². The van der Waals surface area contributed by atoms with Gasteiger partial charge in [0.25, 0.3) is 5.91 Å². The normalized spacial score (nSPS) is 14.6. The predicted octanol–water partition coefficient (Wildman–Crippen LogP) is 5.42. The van der Waals surface area contributed by atoms with Crippen molar-refractivity contribution in [2.75, 3.05) is 29.9 Å². The van der Waals surface area contributed by atoms with Crippen molar-refractivity contribution in [1.29, 1.82) is 0 Å². The van der Waals surface area contributed by atoms with Crippen LogP contribution in [0, 0.1) is 5.92 Å². The highest BCUT2D eigenvalue weighted by Crippen LogP contribution is 2.35. The number of nitrogens with one attached hydrogen (secondary N) is 1. The molecule has 2 aromatic carbocycles. The van der Waals surface area contributed by atoms with Crippen LogP contribution >= 0.6 is 0 Å². The molecule has 1 saturated heterocycles. The van der Waals surface area contributed by atoms with Gasteiger partial charge < -0.3 is 15.0 Å². The minimum Gasteiger partial charge on any atom is -0.483 e. The Morgan fingerprint density at radius 3 is 2.38 bits per heavy atom. The summed E-state index contributed by atoms with van der Waals surface area (Å²) in [6.07, 6.45) is -2.26. The Bertz CT molecular complexity index is 1110. The molecule has 0 atom stereocenters. The van der Waals surface area contributed by atoms with E-state index in [-0.39, 0.29) is 5.75 Å². The van der Waals surface area contributed by atoms with E-state index in [1.807, 2.05) is 12.1 Å². The van der Waals surface area contributed by atoms with Crippen molar-refractivity contribution in [3.63, 3.8) is 0 Å². The number of alkyl halides is 3. The number of rotatable bonds is 6. The van der Waals surface area contributed by atoms with Crippen molar-refractivity contribution >= 4 is 17.4 Å². The maximum Gasteiger partial charge on any atom is 0.419 e. The Morgan fingerprint density at radius 1 is 1.03 bits per heavy atom. The number of halogens is 3. The summed E-state index contributed by atoms with van der Waals surface area (Å²) in [6.45, 7) is 3.68. The summed E-state index contributed by atoms with van der Waals surface area (Å²) in [5.74, 6) is 0.655. The summed E-state index contributed by atoms with van der Waals surface area (Å²) in [5.41, 5.74) is 1.11. The monoisotopic (exact) mass is 470 g/mol. The van der Waals surface area contributed by atoms with Crippen molar-refractivity contribution in [3.8, 4) is 17.0 Å². The molecule has 1 fully saturated rings. The average molecular weight is 470 g/mol. The van der Waals surface area contributed by atoms with Crippen molar-refractivity contribution in [1.82, 2.24) is 10.2 Å². The average Bonchev–Trinajstić information content (AvgIpc) is 2.83. The number of carbonyl (C=O) groups is 1. The van der Waals surface area contributed by atoms with E-state index in [0.717, 1.165) is 49.3 Å². The maximum absolute atomic E-state index is 13.0. The van der Waals surface area contributed by atoms with Crippen molar-refractivity contribution in [3.05, 3.63) is 66.2 Å². The molecule has 1 aliphatic rings. The third-order valence-corrected chi connectivity index (χ3v) is 5.77. The van der Waals surface area contributed by atoms with Crippen molar-refractivity contribution in [2.45, 2.75) is 25.9 Å². The second-order valence-electron chi connectivity index (χ2n) is 8.35. The van der Waals surface area contributed by atoms with E-state index in [2.05, 4.69) is 27.3 Å². The second kappa shape index (κ2) is 10.1. The molecule has 0 saturated carbocycles. The van der Waals surface area contributed by atoms with Gasteiger partial charge in [0.05, 0.1) is 11.3 Å². The van der Waals surface area contributed by atoms with Crippen LogP contribution in [0.3, 0.4) is 0 Å². The topological polar surface area (TPSA) is 67.4 Å². The summed E-state index contributed by atoms with van der Waals surface area (Å²) in [6, 6.07) is 15.6. The van der Waals surface area contributed by atoms with E-state index in [1.165, 1.54) is 18.2 Å². The zero-order chi connectivity index (χ0) is 24.1. The van der Waals surface area contributed by atoms with Crippen LogP contribution in [-0.2, 0) is 11.0 Å². The molecule has 34 heavy (non-hydrogen) atoms. The van der Waals surface area contributed by atoms with E-state index in [4.69, 9.17) is 4.74 Å². The zero-order valence-corrected chi connectivity index (χ0v) is 18.7. The number of anilines is 2.